The van der Waals surface area contributed by atoms with Crippen LogP contribution in [0.5, 0.6) is 0 Å². The Kier molecular flexibility index (Phi) is 6.88. The minimum atomic E-state index is -0.243. The Labute approximate surface area is 175 Å². The second kappa shape index (κ2) is 9.56. The first-order valence-electron chi connectivity index (χ1n) is 9.54. The maximum Gasteiger partial charge on any atom is 0.254 e. The fraction of sp³-hybridized carbons (Fsp3) is 0.261. The van der Waals surface area contributed by atoms with Crippen molar-refractivity contribution in [1.82, 2.24) is 9.55 Å². The molecule has 3 rings (SSSR count). The number of hydrogen-bond acceptors (Lipinski definition) is 4. The third-order valence-corrected chi connectivity index (χ3v) is 5.35. The molecule has 0 unspecified atom stereocenters. The fourth-order valence-corrected chi connectivity index (χ4v) is 4.19. The molecule has 0 aliphatic carbocycles. The summed E-state index contributed by atoms with van der Waals surface area (Å²) in [4.78, 5) is 29.6. The lowest BCUT2D eigenvalue weighted by Crippen LogP contribution is -2.29. The van der Waals surface area contributed by atoms with Crippen LogP contribution >= 0.6 is 11.8 Å². The second-order valence-corrected chi connectivity index (χ2v) is 8.18. The van der Waals surface area contributed by atoms with Gasteiger partial charge in [0.1, 0.15) is 6.54 Å². The molecule has 0 spiro atoms. The number of benzene rings is 2. The number of nitrogens with one attached hydrogen (secondary N) is 1. The van der Waals surface area contributed by atoms with Gasteiger partial charge < -0.3 is 5.32 Å². The molecule has 0 aliphatic rings. The topological polar surface area (TPSA) is 64.0 Å². The molecule has 0 aliphatic heterocycles. The van der Waals surface area contributed by atoms with Crippen molar-refractivity contribution in [2.45, 2.75) is 38.9 Å². The number of carbonyl (C=O) groups is 1. The van der Waals surface area contributed by atoms with E-state index in [2.05, 4.69) is 22.4 Å². The number of aromatic nitrogens is 2. The predicted octanol–water partition coefficient (Wildman–Crippen LogP) is 4.14. The number of carbonyl (C=O) groups excluding carboxylic acids is 1. The molecule has 3 aromatic rings. The molecule has 1 heterocycles. The Morgan fingerprint density at radius 1 is 1.03 bits per heavy atom. The Morgan fingerprint density at radius 3 is 2.41 bits per heavy atom. The van der Waals surface area contributed by atoms with Crippen molar-refractivity contribution in [3.63, 3.8) is 0 Å². The Hall–Kier alpha value is -2.86. The van der Waals surface area contributed by atoms with Crippen LogP contribution in [0.1, 0.15) is 22.4 Å². The predicted molar refractivity (Wildman–Crippen MR) is 119 cm³/mol. The standard InChI is InChI=1S/C23H25N3O2S/c1-16-11-17(2)13-20(12-16)25-21(27)15-26-22(28)14-18(3)24-23(26)29-10-9-19-7-5-4-6-8-19/h4-8,11-14H,9-10,15H2,1-3H3,(H,25,27). The van der Waals surface area contributed by atoms with Crippen molar-refractivity contribution in [3.8, 4) is 0 Å². The van der Waals surface area contributed by atoms with Crippen LogP contribution in [0.15, 0.2) is 64.5 Å². The van der Waals surface area contributed by atoms with E-state index in [0.29, 0.717) is 10.9 Å². The summed E-state index contributed by atoms with van der Waals surface area (Å²) in [7, 11) is 0. The van der Waals surface area contributed by atoms with Crippen LogP contribution in [0.4, 0.5) is 5.69 Å². The molecule has 0 saturated carbocycles. The highest BCUT2D eigenvalue weighted by molar-refractivity contribution is 7.99. The van der Waals surface area contributed by atoms with E-state index in [4.69, 9.17) is 0 Å². The summed E-state index contributed by atoms with van der Waals surface area (Å²) >= 11 is 1.50. The van der Waals surface area contributed by atoms with E-state index in [1.165, 1.54) is 28.0 Å². The minimum Gasteiger partial charge on any atom is -0.325 e. The Morgan fingerprint density at radius 2 is 1.72 bits per heavy atom. The highest BCUT2D eigenvalue weighted by Crippen LogP contribution is 2.17. The molecular formula is C23H25N3O2S. The second-order valence-electron chi connectivity index (χ2n) is 7.11. The molecule has 1 amide bonds. The number of hydrogen-bond donors (Lipinski definition) is 1. The van der Waals surface area contributed by atoms with Crippen molar-refractivity contribution < 1.29 is 4.79 Å². The molecule has 1 aromatic heterocycles. The maximum atomic E-state index is 12.6. The lowest BCUT2D eigenvalue weighted by Gasteiger charge is -2.13. The number of aryl methyl sites for hydroxylation is 4. The van der Waals surface area contributed by atoms with E-state index in [1.807, 2.05) is 50.2 Å². The lowest BCUT2D eigenvalue weighted by atomic mass is 10.1. The van der Waals surface area contributed by atoms with Gasteiger partial charge in [-0.05, 0) is 56.0 Å². The van der Waals surface area contributed by atoms with Crippen LogP contribution in [-0.2, 0) is 17.8 Å². The van der Waals surface area contributed by atoms with Crippen LogP contribution in [0.3, 0.4) is 0 Å². The smallest absolute Gasteiger partial charge is 0.254 e. The van der Waals surface area contributed by atoms with Gasteiger partial charge in [0.05, 0.1) is 0 Å². The van der Waals surface area contributed by atoms with Crippen LogP contribution in [-0.4, -0.2) is 21.2 Å². The Bertz CT molecular complexity index is 1040. The van der Waals surface area contributed by atoms with Gasteiger partial charge in [0.25, 0.3) is 5.56 Å². The number of nitrogens with zero attached hydrogens (tertiary/aromatic N) is 2. The first kappa shape index (κ1) is 20.9. The van der Waals surface area contributed by atoms with Gasteiger partial charge in [-0.25, -0.2) is 4.98 Å². The fourth-order valence-electron chi connectivity index (χ4n) is 3.15. The SMILES string of the molecule is Cc1cc(C)cc(NC(=O)Cn2c(SCCc3ccccc3)nc(C)cc2=O)c1. The van der Waals surface area contributed by atoms with Crippen LogP contribution in [0, 0.1) is 20.8 Å². The zero-order chi connectivity index (χ0) is 20.8. The molecule has 0 atom stereocenters. The number of thioether (sulfide) groups is 1. The molecule has 5 nitrogen and oxygen atoms in total. The molecule has 2 aromatic carbocycles. The summed E-state index contributed by atoms with van der Waals surface area (Å²) in [5.74, 6) is 0.533. The number of rotatable bonds is 7. The van der Waals surface area contributed by atoms with E-state index < -0.39 is 0 Å². The third-order valence-electron chi connectivity index (χ3n) is 4.37. The van der Waals surface area contributed by atoms with Crippen LogP contribution in [0.2, 0.25) is 0 Å². The zero-order valence-corrected chi connectivity index (χ0v) is 17.8. The van der Waals surface area contributed by atoms with E-state index in [-0.39, 0.29) is 18.0 Å². The largest absolute Gasteiger partial charge is 0.325 e. The van der Waals surface area contributed by atoms with Gasteiger partial charge in [-0.3, -0.25) is 14.2 Å². The number of amides is 1. The summed E-state index contributed by atoms with van der Waals surface area (Å²) in [6.45, 7) is 5.70. The van der Waals surface area contributed by atoms with Gasteiger partial charge in [0, 0.05) is 23.2 Å². The molecular weight excluding hydrogens is 382 g/mol. The van der Waals surface area contributed by atoms with Crippen molar-refractivity contribution in [2.24, 2.45) is 0 Å². The summed E-state index contributed by atoms with van der Waals surface area (Å²) in [6, 6.07) is 17.5. The summed E-state index contributed by atoms with van der Waals surface area (Å²) in [5, 5.41) is 3.46. The van der Waals surface area contributed by atoms with Gasteiger partial charge in [-0.1, -0.05) is 48.2 Å². The van der Waals surface area contributed by atoms with Gasteiger partial charge in [-0.15, -0.1) is 0 Å². The van der Waals surface area contributed by atoms with Gasteiger partial charge in [-0.2, -0.15) is 0 Å². The van der Waals surface area contributed by atoms with E-state index in [9.17, 15) is 9.59 Å². The molecule has 1 N–H and O–H groups in total. The Balaban J connectivity index is 1.72. The first-order chi connectivity index (χ1) is 13.9. The third kappa shape index (κ3) is 6.06. The van der Waals surface area contributed by atoms with Crippen LogP contribution in [0.25, 0.3) is 0 Å². The monoisotopic (exact) mass is 407 g/mol. The zero-order valence-electron chi connectivity index (χ0n) is 16.9. The average molecular weight is 408 g/mol. The van der Waals surface area contributed by atoms with Crippen molar-refractivity contribution in [1.29, 1.82) is 0 Å². The summed E-state index contributed by atoms with van der Waals surface area (Å²) in [5.41, 5.74) is 4.56. The average Bonchev–Trinajstić information content (AvgIpc) is 2.64. The highest BCUT2D eigenvalue weighted by atomic mass is 32.2. The van der Waals surface area contributed by atoms with E-state index in [0.717, 1.165) is 29.0 Å². The quantitative estimate of drug-likeness (QED) is 0.472. The summed E-state index contributed by atoms with van der Waals surface area (Å²) in [6.07, 6.45) is 0.865. The van der Waals surface area contributed by atoms with Gasteiger partial charge in [0.2, 0.25) is 5.91 Å². The lowest BCUT2D eigenvalue weighted by molar-refractivity contribution is -0.116. The van der Waals surface area contributed by atoms with Crippen molar-refractivity contribution in [3.05, 3.63) is 87.3 Å². The van der Waals surface area contributed by atoms with E-state index in [1.54, 1.807) is 6.92 Å². The molecule has 150 valence electrons. The van der Waals surface area contributed by atoms with Crippen molar-refractivity contribution in [2.75, 3.05) is 11.1 Å². The molecule has 0 radical (unpaired) electrons. The molecule has 0 bridgehead atoms. The number of anilines is 1. The summed E-state index contributed by atoms with van der Waals surface area (Å²) < 4.78 is 1.45. The molecule has 0 fully saturated rings. The highest BCUT2D eigenvalue weighted by Gasteiger charge is 2.12. The normalized spacial score (nSPS) is 10.7. The maximum absolute atomic E-state index is 12.6. The molecule has 29 heavy (non-hydrogen) atoms. The molecule has 6 heteroatoms. The van der Waals surface area contributed by atoms with Crippen LogP contribution < -0.4 is 10.9 Å². The minimum absolute atomic E-state index is 0.0627. The van der Waals surface area contributed by atoms with Gasteiger partial charge >= 0.3 is 0 Å². The van der Waals surface area contributed by atoms with Crippen molar-refractivity contribution >= 4 is 23.4 Å². The first-order valence-corrected chi connectivity index (χ1v) is 10.5. The van der Waals surface area contributed by atoms with Gasteiger partial charge in [0.15, 0.2) is 5.16 Å². The van der Waals surface area contributed by atoms with E-state index >= 15 is 0 Å². The molecule has 0 saturated heterocycles.